The lowest BCUT2D eigenvalue weighted by Crippen LogP contribution is -2.56. The second-order valence-electron chi connectivity index (χ2n) is 6.40. The Labute approximate surface area is 123 Å². The molecule has 1 aromatic rings. The Balaban J connectivity index is 2.00. The fourth-order valence-corrected chi connectivity index (χ4v) is 3.55. The van der Waals surface area contributed by atoms with E-state index in [0.29, 0.717) is 0 Å². The van der Waals surface area contributed by atoms with Gasteiger partial charge in [0.05, 0.1) is 0 Å². The van der Waals surface area contributed by atoms with Gasteiger partial charge in [0.25, 0.3) is 0 Å². The summed E-state index contributed by atoms with van der Waals surface area (Å²) in [4.78, 5) is 7.04. The van der Waals surface area contributed by atoms with Crippen molar-refractivity contribution in [1.29, 1.82) is 0 Å². The molecule has 0 aliphatic heterocycles. The molecule has 0 bridgehead atoms. The smallest absolute Gasteiger partial charge is 0.109 e. The maximum Gasteiger partial charge on any atom is 0.109 e. The number of aryl methyl sites for hydroxylation is 1. The maximum atomic E-state index is 6.18. The quantitative estimate of drug-likeness (QED) is 0.867. The van der Waals surface area contributed by atoms with Gasteiger partial charge in [-0.15, -0.1) is 0 Å². The number of rotatable bonds is 6. The van der Waals surface area contributed by atoms with Crippen molar-refractivity contribution < 1.29 is 0 Å². The third-order valence-electron chi connectivity index (χ3n) is 5.16. The molecule has 0 unspecified atom stereocenters. The van der Waals surface area contributed by atoms with E-state index in [0.717, 1.165) is 32.0 Å². The lowest BCUT2D eigenvalue weighted by molar-refractivity contribution is 0.0494. The van der Waals surface area contributed by atoms with E-state index in [1.807, 2.05) is 12.4 Å². The normalized spacial score (nSPS) is 27.1. The van der Waals surface area contributed by atoms with Crippen LogP contribution >= 0.6 is 0 Å². The van der Waals surface area contributed by atoms with E-state index >= 15 is 0 Å². The van der Waals surface area contributed by atoms with Crippen LogP contribution in [-0.2, 0) is 13.5 Å². The van der Waals surface area contributed by atoms with Gasteiger partial charge in [-0.2, -0.15) is 0 Å². The lowest BCUT2D eigenvalue weighted by atomic mass is 9.76. The van der Waals surface area contributed by atoms with Crippen LogP contribution in [0.5, 0.6) is 0 Å². The second-order valence-corrected chi connectivity index (χ2v) is 6.40. The van der Waals surface area contributed by atoms with Crippen LogP contribution < -0.4 is 5.73 Å². The highest BCUT2D eigenvalue weighted by atomic mass is 15.2. The van der Waals surface area contributed by atoms with Crippen molar-refractivity contribution in [2.24, 2.45) is 18.7 Å². The average Bonchev–Trinajstić information content (AvgIpc) is 2.87. The molecule has 0 atom stereocenters. The molecule has 0 aromatic carbocycles. The molecule has 4 nitrogen and oxygen atoms in total. The zero-order valence-electron chi connectivity index (χ0n) is 13.3. The van der Waals surface area contributed by atoms with Crippen LogP contribution in [0.25, 0.3) is 0 Å². The number of nitrogens with two attached hydrogens (primary N) is 1. The van der Waals surface area contributed by atoms with Gasteiger partial charge >= 0.3 is 0 Å². The predicted octanol–water partition coefficient (Wildman–Crippen LogP) is 2.19. The van der Waals surface area contributed by atoms with E-state index in [9.17, 15) is 0 Å². The molecule has 2 N–H and O–H groups in total. The topological polar surface area (TPSA) is 47.1 Å². The first-order valence-corrected chi connectivity index (χ1v) is 8.02. The molecule has 1 saturated carbocycles. The third kappa shape index (κ3) is 3.23. The summed E-state index contributed by atoms with van der Waals surface area (Å²) in [6, 6.07) is 0. The molecule has 4 heteroatoms. The molecule has 1 aromatic heterocycles. The summed E-state index contributed by atoms with van der Waals surface area (Å²) >= 11 is 0. The van der Waals surface area contributed by atoms with Gasteiger partial charge in [0, 0.05) is 44.5 Å². The largest absolute Gasteiger partial charge is 0.338 e. The molecular weight excluding hydrogens is 248 g/mol. The summed E-state index contributed by atoms with van der Waals surface area (Å²) in [5.74, 6) is 2.03. The molecule has 1 aliphatic rings. The van der Waals surface area contributed by atoms with Crippen LogP contribution in [0.15, 0.2) is 12.4 Å². The molecule has 2 rings (SSSR count). The summed E-state index contributed by atoms with van der Waals surface area (Å²) in [6.07, 6.45) is 10.0. The van der Waals surface area contributed by atoms with Crippen LogP contribution in [0.1, 0.15) is 45.4 Å². The number of nitrogens with zero attached hydrogens (tertiary/aromatic N) is 3. The van der Waals surface area contributed by atoms with Gasteiger partial charge < -0.3 is 10.3 Å². The van der Waals surface area contributed by atoms with Gasteiger partial charge in [0.15, 0.2) is 0 Å². The first-order chi connectivity index (χ1) is 9.61. The summed E-state index contributed by atoms with van der Waals surface area (Å²) in [7, 11) is 2.07. The van der Waals surface area contributed by atoms with Crippen LogP contribution in [-0.4, -0.2) is 39.6 Å². The van der Waals surface area contributed by atoms with Crippen molar-refractivity contribution in [2.75, 3.05) is 19.6 Å². The van der Waals surface area contributed by atoms with Gasteiger partial charge in [-0.25, -0.2) is 4.98 Å². The first-order valence-electron chi connectivity index (χ1n) is 8.02. The number of hydrogen-bond acceptors (Lipinski definition) is 3. The van der Waals surface area contributed by atoms with E-state index in [4.69, 9.17) is 5.73 Å². The molecule has 20 heavy (non-hydrogen) atoms. The predicted molar refractivity (Wildman–Crippen MR) is 83.6 cm³/mol. The maximum absolute atomic E-state index is 6.18. The Bertz CT molecular complexity index is 404. The minimum Gasteiger partial charge on any atom is -0.338 e. The summed E-state index contributed by atoms with van der Waals surface area (Å²) in [5, 5.41) is 0. The van der Waals surface area contributed by atoms with Gasteiger partial charge in [-0.3, -0.25) is 4.90 Å². The van der Waals surface area contributed by atoms with Crippen molar-refractivity contribution in [3.63, 3.8) is 0 Å². The fourth-order valence-electron chi connectivity index (χ4n) is 3.55. The van der Waals surface area contributed by atoms with Crippen molar-refractivity contribution >= 4 is 0 Å². The molecule has 1 fully saturated rings. The summed E-state index contributed by atoms with van der Waals surface area (Å²) in [6.45, 7) is 7.55. The minimum atomic E-state index is 0.229. The highest BCUT2D eigenvalue weighted by Crippen LogP contribution is 2.35. The van der Waals surface area contributed by atoms with Crippen molar-refractivity contribution in [1.82, 2.24) is 14.5 Å². The van der Waals surface area contributed by atoms with Crippen molar-refractivity contribution in [3.05, 3.63) is 18.2 Å². The number of aromatic nitrogens is 2. The Morgan fingerprint density at radius 3 is 2.65 bits per heavy atom. The monoisotopic (exact) mass is 278 g/mol. The Kier molecular flexibility index (Phi) is 5.22. The standard InChI is InChI=1S/C16H30N4/c1-4-20(11-7-15-18-10-12-19(15)3)16(13-17)8-5-14(2)6-9-16/h10,12,14H,4-9,11,13,17H2,1-3H3. The van der Waals surface area contributed by atoms with Gasteiger partial charge in [0.2, 0.25) is 0 Å². The SMILES string of the molecule is CCN(CCc1nccn1C)C1(CN)CCC(C)CC1. The zero-order valence-corrected chi connectivity index (χ0v) is 13.3. The van der Waals surface area contributed by atoms with Crippen LogP contribution in [0.3, 0.4) is 0 Å². The average molecular weight is 278 g/mol. The van der Waals surface area contributed by atoms with E-state index in [-0.39, 0.29) is 5.54 Å². The van der Waals surface area contributed by atoms with Crippen molar-refractivity contribution in [2.45, 2.75) is 51.5 Å². The number of likely N-dealkylation sites (N-methyl/N-ethyl adjacent to an activating group) is 1. The lowest BCUT2D eigenvalue weighted by Gasteiger charge is -2.47. The van der Waals surface area contributed by atoms with Gasteiger partial charge in [-0.05, 0) is 38.1 Å². The third-order valence-corrected chi connectivity index (χ3v) is 5.16. The zero-order chi connectivity index (χ0) is 14.6. The molecule has 1 heterocycles. The second kappa shape index (κ2) is 6.72. The Hall–Kier alpha value is -0.870. The Morgan fingerprint density at radius 2 is 2.15 bits per heavy atom. The van der Waals surface area contributed by atoms with E-state index in [1.54, 1.807) is 0 Å². The molecule has 1 aliphatic carbocycles. The fraction of sp³-hybridized carbons (Fsp3) is 0.812. The van der Waals surface area contributed by atoms with Crippen LogP contribution in [0.4, 0.5) is 0 Å². The summed E-state index contributed by atoms with van der Waals surface area (Å²) < 4.78 is 2.12. The van der Waals surface area contributed by atoms with E-state index < -0.39 is 0 Å². The van der Waals surface area contributed by atoms with Gasteiger partial charge in [-0.1, -0.05) is 13.8 Å². The molecular formula is C16H30N4. The molecule has 114 valence electrons. The minimum absolute atomic E-state index is 0.229. The van der Waals surface area contributed by atoms with E-state index in [1.165, 1.54) is 31.5 Å². The van der Waals surface area contributed by atoms with Gasteiger partial charge in [0.1, 0.15) is 5.82 Å². The summed E-state index contributed by atoms with van der Waals surface area (Å²) in [5.41, 5.74) is 6.41. The highest BCUT2D eigenvalue weighted by molar-refractivity contribution is 4.98. The first kappa shape index (κ1) is 15.5. The number of imidazole rings is 1. The molecule has 0 amide bonds. The Morgan fingerprint density at radius 1 is 1.45 bits per heavy atom. The highest BCUT2D eigenvalue weighted by Gasteiger charge is 2.37. The molecule has 0 saturated heterocycles. The van der Waals surface area contributed by atoms with E-state index in [2.05, 4.69) is 35.3 Å². The van der Waals surface area contributed by atoms with Crippen LogP contribution in [0.2, 0.25) is 0 Å². The van der Waals surface area contributed by atoms with Crippen LogP contribution in [0, 0.1) is 5.92 Å². The molecule has 0 radical (unpaired) electrons. The van der Waals surface area contributed by atoms with Crippen molar-refractivity contribution in [3.8, 4) is 0 Å². The molecule has 0 spiro atoms. The number of hydrogen-bond donors (Lipinski definition) is 1.